The third-order valence-electron chi connectivity index (χ3n) is 3.70. The number of hydrogen-bond donors (Lipinski definition) is 3. The summed E-state index contributed by atoms with van der Waals surface area (Å²) in [5.74, 6) is -0.668. The van der Waals surface area contributed by atoms with E-state index in [2.05, 4.69) is 10.6 Å². The van der Waals surface area contributed by atoms with Crippen molar-refractivity contribution in [3.05, 3.63) is 28.2 Å². The van der Waals surface area contributed by atoms with E-state index in [4.69, 9.17) is 28.9 Å². The average molecular weight is 345 g/mol. The first-order valence-corrected chi connectivity index (χ1v) is 7.66. The van der Waals surface area contributed by atoms with Crippen molar-refractivity contribution < 1.29 is 9.59 Å². The molecule has 6 nitrogen and oxygen atoms in total. The van der Waals surface area contributed by atoms with Crippen LogP contribution in [0.3, 0.4) is 0 Å². The number of halogens is 2. The lowest BCUT2D eigenvalue weighted by Gasteiger charge is -2.38. The van der Waals surface area contributed by atoms with Crippen molar-refractivity contribution in [1.29, 1.82) is 0 Å². The maximum Gasteiger partial charge on any atom is 0.238 e. The van der Waals surface area contributed by atoms with Crippen LogP contribution in [0.1, 0.15) is 6.92 Å². The van der Waals surface area contributed by atoms with Crippen LogP contribution in [-0.2, 0) is 9.59 Å². The van der Waals surface area contributed by atoms with Gasteiger partial charge in [-0.15, -0.1) is 0 Å². The van der Waals surface area contributed by atoms with Gasteiger partial charge in [0.2, 0.25) is 11.8 Å². The molecule has 1 heterocycles. The van der Waals surface area contributed by atoms with Gasteiger partial charge in [-0.3, -0.25) is 14.5 Å². The largest absolute Gasteiger partial charge is 0.368 e. The molecule has 2 amide bonds. The predicted octanol–water partition coefficient (Wildman–Crippen LogP) is 1.08. The molecule has 1 aliphatic rings. The number of carbonyl (C=O) groups excluding carboxylic acids is 2. The third kappa shape index (κ3) is 3.89. The minimum atomic E-state index is -0.467. The van der Waals surface area contributed by atoms with Gasteiger partial charge < -0.3 is 16.4 Å². The summed E-state index contributed by atoms with van der Waals surface area (Å²) >= 11 is 12.1. The zero-order valence-electron chi connectivity index (χ0n) is 12.1. The maximum atomic E-state index is 12.2. The number of para-hydroxylation sites is 1. The van der Waals surface area contributed by atoms with Crippen LogP contribution in [0.5, 0.6) is 0 Å². The van der Waals surface area contributed by atoms with E-state index in [0.717, 1.165) is 0 Å². The number of amides is 2. The molecule has 0 aliphatic carbocycles. The van der Waals surface area contributed by atoms with E-state index < -0.39 is 11.9 Å². The lowest BCUT2D eigenvalue weighted by molar-refractivity contribution is -0.124. The summed E-state index contributed by atoms with van der Waals surface area (Å²) < 4.78 is 0. The smallest absolute Gasteiger partial charge is 0.238 e. The summed E-state index contributed by atoms with van der Waals surface area (Å²) in [4.78, 5) is 25.5. The molecule has 0 radical (unpaired) electrons. The lowest BCUT2D eigenvalue weighted by Crippen LogP contribution is -2.62. The molecule has 0 saturated carbocycles. The van der Waals surface area contributed by atoms with Crippen LogP contribution in [0.4, 0.5) is 5.69 Å². The molecule has 0 unspecified atom stereocenters. The standard InChI is InChI=1S/C14H18Cl2N4O2/c1-8-12(14(17)22)18-5-6-20(8)7-11(21)19-13-9(15)3-2-4-10(13)16/h2-4,8,12,18H,5-7H2,1H3,(H2,17,22)(H,19,21)/t8-,12+/m1/s1. The zero-order chi connectivity index (χ0) is 16.3. The number of piperazine rings is 1. The van der Waals surface area contributed by atoms with Crippen LogP contribution in [0.25, 0.3) is 0 Å². The highest BCUT2D eigenvalue weighted by atomic mass is 35.5. The topological polar surface area (TPSA) is 87.5 Å². The molecule has 1 aromatic carbocycles. The minimum Gasteiger partial charge on any atom is -0.368 e. The fourth-order valence-corrected chi connectivity index (χ4v) is 2.98. The molecule has 0 spiro atoms. The van der Waals surface area contributed by atoms with Gasteiger partial charge in [-0.2, -0.15) is 0 Å². The fourth-order valence-electron chi connectivity index (χ4n) is 2.49. The van der Waals surface area contributed by atoms with Crippen molar-refractivity contribution in [2.75, 3.05) is 25.0 Å². The van der Waals surface area contributed by atoms with Crippen LogP contribution >= 0.6 is 23.2 Å². The molecule has 2 atom stereocenters. The van der Waals surface area contributed by atoms with Crippen molar-refractivity contribution in [3.63, 3.8) is 0 Å². The quantitative estimate of drug-likeness (QED) is 0.762. The van der Waals surface area contributed by atoms with E-state index in [1.807, 2.05) is 11.8 Å². The molecule has 22 heavy (non-hydrogen) atoms. The van der Waals surface area contributed by atoms with Crippen LogP contribution in [0, 0.1) is 0 Å². The van der Waals surface area contributed by atoms with Crippen molar-refractivity contribution in [3.8, 4) is 0 Å². The van der Waals surface area contributed by atoms with E-state index in [1.165, 1.54) is 0 Å². The molecule has 120 valence electrons. The Kier molecular flexibility index (Phi) is 5.63. The number of nitrogens with two attached hydrogens (primary N) is 1. The summed E-state index contributed by atoms with van der Waals surface area (Å²) in [6.45, 7) is 3.23. The number of nitrogens with one attached hydrogen (secondary N) is 2. The first-order valence-electron chi connectivity index (χ1n) is 6.90. The summed E-state index contributed by atoms with van der Waals surface area (Å²) in [7, 11) is 0. The maximum absolute atomic E-state index is 12.2. The Morgan fingerprint density at radius 1 is 1.41 bits per heavy atom. The molecule has 4 N–H and O–H groups in total. The number of primary amides is 1. The number of rotatable bonds is 4. The van der Waals surface area contributed by atoms with Gasteiger partial charge in [0, 0.05) is 19.1 Å². The summed E-state index contributed by atoms with van der Waals surface area (Å²) in [5, 5.41) is 6.52. The van der Waals surface area contributed by atoms with E-state index in [9.17, 15) is 9.59 Å². The Balaban J connectivity index is 2.01. The fraction of sp³-hybridized carbons (Fsp3) is 0.429. The zero-order valence-corrected chi connectivity index (χ0v) is 13.6. The second-order valence-corrected chi connectivity index (χ2v) is 6.00. The van der Waals surface area contributed by atoms with Crippen LogP contribution < -0.4 is 16.4 Å². The van der Waals surface area contributed by atoms with Crippen LogP contribution in [0.15, 0.2) is 18.2 Å². The number of benzene rings is 1. The molecule has 8 heteroatoms. The van der Waals surface area contributed by atoms with Crippen LogP contribution in [-0.4, -0.2) is 48.4 Å². The van der Waals surface area contributed by atoms with E-state index in [-0.39, 0.29) is 18.5 Å². The second kappa shape index (κ2) is 7.28. The number of anilines is 1. The van der Waals surface area contributed by atoms with Crippen molar-refractivity contribution in [1.82, 2.24) is 10.2 Å². The molecule has 1 aromatic rings. The van der Waals surface area contributed by atoms with Gasteiger partial charge in [0.05, 0.1) is 22.3 Å². The highest BCUT2D eigenvalue weighted by Crippen LogP contribution is 2.29. The Morgan fingerprint density at radius 3 is 2.64 bits per heavy atom. The third-order valence-corrected chi connectivity index (χ3v) is 4.33. The van der Waals surface area contributed by atoms with Gasteiger partial charge in [0.15, 0.2) is 0 Å². The van der Waals surface area contributed by atoms with E-state index in [0.29, 0.717) is 28.8 Å². The van der Waals surface area contributed by atoms with Crippen molar-refractivity contribution >= 4 is 40.7 Å². The molecular formula is C14H18Cl2N4O2. The second-order valence-electron chi connectivity index (χ2n) is 5.19. The van der Waals surface area contributed by atoms with Gasteiger partial charge in [0.25, 0.3) is 0 Å². The van der Waals surface area contributed by atoms with Gasteiger partial charge >= 0.3 is 0 Å². The molecule has 1 fully saturated rings. The minimum absolute atomic E-state index is 0.133. The van der Waals surface area contributed by atoms with Gasteiger partial charge in [0.1, 0.15) is 6.04 Å². The number of hydrogen-bond acceptors (Lipinski definition) is 4. The first-order chi connectivity index (χ1) is 10.4. The number of nitrogens with zero attached hydrogens (tertiary/aromatic N) is 1. The summed E-state index contributed by atoms with van der Waals surface area (Å²) in [6, 6.07) is 4.37. The van der Waals surface area contributed by atoms with Gasteiger partial charge in [-0.05, 0) is 19.1 Å². The summed E-state index contributed by atoms with van der Waals surface area (Å²) in [6.07, 6.45) is 0. The summed E-state index contributed by atoms with van der Waals surface area (Å²) in [5.41, 5.74) is 5.74. The molecule has 2 rings (SSSR count). The Hall–Kier alpha value is -1.34. The Morgan fingerprint density at radius 2 is 2.05 bits per heavy atom. The van der Waals surface area contributed by atoms with Gasteiger partial charge in [-0.1, -0.05) is 29.3 Å². The molecular weight excluding hydrogens is 327 g/mol. The Labute approximate surface area is 138 Å². The average Bonchev–Trinajstić information content (AvgIpc) is 2.45. The monoisotopic (exact) mass is 344 g/mol. The molecule has 1 aliphatic heterocycles. The molecule has 0 aromatic heterocycles. The number of carbonyl (C=O) groups is 2. The molecule has 1 saturated heterocycles. The van der Waals surface area contributed by atoms with Crippen molar-refractivity contribution in [2.45, 2.75) is 19.0 Å². The van der Waals surface area contributed by atoms with Gasteiger partial charge in [-0.25, -0.2) is 0 Å². The van der Waals surface area contributed by atoms with E-state index >= 15 is 0 Å². The highest BCUT2D eigenvalue weighted by Gasteiger charge is 2.32. The first kappa shape index (κ1) is 17.0. The van der Waals surface area contributed by atoms with Crippen molar-refractivity contribution in [2.24, 2.45) is 5.73 Å². The Bertz CT molecular complexity index is 562. The highest BCUT2D eigenvalue weighted by molar-refractivity contribution is 6.39. The van der Waals surface area contributed by atoms with Crippen LogP contribution in [0.2, 0.25) is 10.0 Å². The normalized spacial score (nSPS) is 22.3. The predicted molar refractivity (Wildman–Crippen MR) is 87.1 cm³/mol. The molecule has 0 bridgehead atoms. The van der Waals surface area contributed by atoms with E-state index in [1.54, 1.807) is 18.2 Å². The SMILES string of the molecule is C[C@@H]1[C@@H](C(N)=O)NCCN1CC(=O)Nc1c(Cl)cccc1Cl. The lowest BCUT2D eigenvalue weighted by atomic mass is 10.0.